The first-order valence-corrected chi connectivity index (χ1v) is 8.70. The third-order valence-electron chi connectivity index (χ3n) is 4.05. The normalized spacial score (nSPS) is 14.5. The van der Waals surface area contributed by atoms with Gasteiger partial charge in [-0.25, -0.2) is 0 Å². The van der Waals surface area contributed by atoms with Gasteiger partial charge in [-0.2, -0.15) is 5.10 Å². The molecular weight excluding hydrogens is 326 g/mol. The van der Waals surface area contributed by atoms with Crippen molar-refractivity contribution in [3.05, 3.63) is 15.9 Å². The second kappa shape index (κ2) is 6.82. The van der Waals surface area contributed by atoms with Crippen LogP contribution in [0.15, 0.2) is 4.47 Å². The van der Waals surface area contributed by atoms with E-state index in [1.165, 1.54) is 10.2 Å². The standard InChI is InChI=1S/C17H32BrN3/c1-9-13-15(18)14(21(8)20-13)10-12(16(2,3)4)11-19-17(5,6)7/h12,19H,9-11H2,1-8H3. The molecule has 1 aromatic heterocycles. The van der Waals surface area contributed by atoms with E-state index in [-0.39, 0.29) is 11.0 Å². The highest BCUT2D eigenvalue weighted by Gasteiger charge is 2.28. The Balaban J connectivity index is 2.95. The van der Waals surface area contributed by atoms with Crippen LogP contribution >= 0.6 is 15.9 Å². The number of halogens is 1. The molecule has 21 heavy (non-hydrogen) atoms. The van der Waals surface area contributed by atoms with Crippen LogP contribution in [0.2, 0.25) is 0 Å². The van der Waals surface area contributed by atoms with E-state index in [1.807, 2.05) is 4.68 Å². The molecule has 0 saturated carbocycles. The van der Waals surface area contributed by atoms with Gasteiger partial charge in [-0.15, -0.1) is 0 Å². The summed E-state index contributed by atoms with van der Waals surface area (Å²) in [7, 11) is 2.05. The number of nitrogens with one attached hydrogen (secondary N) is 1. The third kappa shape index (κ3) is 5.41. The summed E-state index contributed by atoms with van der Waals surface area (Å²) in [6.45, 7) is 16.8. The minimum absolute atomic E-state index is 0.155. The Morgan fingerprint density at radius 1 is 1.19 bits per heavy atom. The summed E-state index contributed by atoms with van der Waals surface area (Å²) >= 11 is 3.74. The van der Waals surface area contributed by atoms with Gasteiger partial charge in [0, 0.05) is 12.6 Å². The van der Waals surface area contributed by atoms with Crippen molar-refractivity contribution in [3.63, 3.8) is 0 Å². The van der Waals surface area contributed by atoms with Crippen molar-refractivity contribution < 1.29 is 0 Å². The molecule has 1 rings (SSSR count). The Kier molecular flexibility index (Phi) is 6.08. The van der Waals surface area contributed by atoms with Crippen LogP contribution in [0.4, 0.5) is 0 Å². The molecule has 0 aliphatic rings. The molecule has 0 saturated heterocycles. The van der Waals surface area contributed by atoms with Gasteiger partial charge in [0.15, 0.2) is 0 Å². The Labute approximate surface area is 139 Å². The number of nitrogens with zero attached hydrogens (tertiary/aromatic N) is 2. The summed E-state index contributed by atoms with van der Waals surface area (Å²) < 4.78 is 3.23. The van der Waals surface area contributed by atoms with Crippen molar-refractivity contribution >= 4 is 15.9 Å². The van der Waals surface area contributed by atoms with Gasteiger partial charge in [-0.3, -0.25) is 4.68 Å². The lowest BCUT2D eigenvalue weighted by Crippen LogP contribution is -2.43. The number of hydrogen-bond acceptors (Lipinski definition) is 2. The third-order valence-corrected chi connectivity index (χ3v) is 4.96. The predicted molar refractivity (Wildman–Crippen MR) is 94.7 cm³/mol. The molecule has 4 heteroatoms. The molecular formula is C17H32BrN3. The lowest BCUT2D eigenvalue weighted by Gasteiger charge is -2.34. The fraction of sp³-hybridized carbons (Fsp3) is 0.824. The lowest BCUT2D eigenvalue weighted by atomic mass is 9.77. The van der Waals surface area contributed by atoms with E-state index >= 15 is 0 Å². The lowest BCUT2D eigenvalue weighted by molar-refractivity contribution is 0.211. The SMILES string of the molecule is CCc1nn(C)c(CC(CNC(C)(C)C)C(C)(C)C)c1Br. The van der Waals surface area contributed by atoms with Crippen LogP contribution < -0.4 is 5.32 Å². The highest BCUT2D eigenvalue weighted by molar-refractivity contribution is 9.10. The quantitative estimate of drug-likeness (QED) is 0.849. The van der Waals surface area contributed by atoms with Crippen molar-refractivity contribution in [1.29, 1.82) is 0 Å². The number of rotatable bonds is 5. The average Bonchev–Trinajstić information content (AvgIpc) is 2.57. The van der Waals surface area contributed by atoms with E-state index in [0.29, 0.717) is 5.92 Å². The molecule has 0 fully saturated rings. The second-order valence-corrected chi connectivity index (χ2v) is 8.88. The number of aromatic nitrogens is 2. The van der Waals surface area contributed by atoms with Crippen molar-refractivity contribution in [1.82, 2.24) is 15.1 Å². The van der Waals surface area contributed by atoms with E-state index in [2.05, 4.69) is 81.9 Å². The average molecular weight is 358 g/mol. The van der Waals surface area contributed by atoms with Crippen LogP contribution in [0.1, 0.15) is 59.9 Å². The highest BCUT2D eigenvalue weighted by atomic mass is 79.9. The molecule has 0 aromatic carbocycles. The molecule has 1 heterocycles. The van der Waals surface area contributed by atoms with Gasteiger partial charge in [-0.1, -0.05) is 27.7 Å². The summed E-state index contributed by atoms with van der Waals surface area (Å²) in [6, 6.07) is 0. The molecule has 1 N–H and O–H groups in total. The van der Waals surface area contributed by atoms with Crippen LogP contribution in [0.3, 0.4) is 0 Å². The molecule has 122 valence electrons. The molecule has 0 aliphatic carbocycles. The molecule has 1 atom stereocenters. The van der Waals surface area contributed by atoms with Gasteiger partial charge in [-0.05, 0) is 67.4 Å². The van der Waals surface area contributed by atoms with Crippen LogP contribution in [0.25, 0.3) is 0 Å². The zero-order valence-electron chi connectivity index (χ0n) is 15.0. The van der Waals surface area contributed by atoms with Gasteiger partial charge in [0.25, 0.3) is 0 Å². The summed E-state index contributed by atoms with van der Waals surface area (Å²) in [5, 5.41) is 8.29. The van der Waals surface area contributed by atoms with Crippen molar-refractivity contribution in [2.75, 3.05) is 6.54 Å². The first kappa shape index (κ1) is 18.7. The maximum Gasteiger partial charge on any atom is 0.0766 e. The smallest absolute Gasteiger partial charge is 0.0766 e. The maximum absolute atomic E-state index is 4.62. The van der Waals surface area contributed by atoms with Crippen molar-refractivity contribution in [3.8, 4) is 0 Å². The largest absolute Gasteiger partial charge is 0.312 e. The molecule has 0 amide bonds. The van der Waals surface area contributed by atoms with E-state index in [0.717, 1.165) is 25.1 Å². The Hall–Kier alpha value is -0.350. The van der Waals surface area contributed by atoms with Gasteiger partial charge in [0.05, 0.1) is 15.9 Å². The maximum atomic E-state index is 4.62. The highest BCUT2D eigenvalue weighted by Crippen LogP contribution is 2.32. The van der Waals surface area contributed by atoms with Crippen LogP contribution in [0.5, 0.6) is 0 Å². The van der Waals surface area contributed by atoms with E-state index in [1.54, 1.807) is 0 Å². The Morgan fingerprint density at radius 2 is 1.76 bits per heavy atom. The predicted octanol–water partition coefficient (Wildman–Crippen LogP) is 4.34. The molecule has 3 nitrogen and oxygen atoms in total. The summed E-state index contributed by atoms with van der Waals surface area (Å²) in [6.07, 6.45) is 2.01. The summed E-state index contributed by atoms with van der Waals surface area (Å²) in [5.41, 5.74) is 2.88. The zero-order valence-corrected chi connectivity index (χ0v) is 16.6. The zero-order chi connectivity index (χ0) is 16.4. The molecule has 1 aromatic rings. The van der Waals surface area contributed by atoms with Crippen molar-refractivity contribution in [2.45, 2.75) is 66.8 Å². The Bertz CT molecular complexity index is 464. The van der Waals surface area contributed by atoms with Gasteiger partial charge >= 0.3 is 0 Å². The Morgan fingerprint density at radius 3 is 2.14 bits per heavy atom. The first-order valence-electron chi connectivity index (χ1n) is 7.91. The van der Waals surface area contributed by atoms with Crippen molar-refractivity contribution in [2.24, 2.45) is 18.4 Å². The first-order chi connectivity index (χ1) is 9.45. The fourth-order valence-corrected chi connectivity index (χ4v) is 3.17. The molecule has 0 aliphatic heterocycles. The second-order valence-electron chi connectivity index (χ2n) is 8.08. The monoisotopic (exact) mass is 357 g/mol. The van der Waals surface area contributed by atoms with Gasteiger partial charge < -0.3 is 5.32 Å². The van der Waals surface area contributed by atoms with Crippen LogP contribution in [0, 0.1) is 11.3 Å². The summed E-state index contributed by atoms with van der Waals surface area (Å²) in [4.78, 5) is 0. The summed E-state index contributed by atoms with van der Waals surface area (Å²) in [5.74, 6) is 0.563. The topological polar surface area (TPSA) is 29.9 Å². The van der Waals surface area contributed by atoms with Gasteiger partial charge in [0.2, 0.25) is 0 Å². The van der Waals surface area contributed by atoms with E-state index in [9.17, 15) is 0 Å². The number of aryl methyl sites for hydroxylation is 2. The van der Waals surface area contributed by atoms with Gasteiger partial charge in [0.1, 0.15) is 0 Å². The molecule has 0 radical (unpaired) electrons. The molecule has 0 bridgehead atoms. The molecule has 1 unspecified atom stereocenters. The number of hydrogen-bond donors (Lipinski definition) is 1. The van der Waals surface area contributed by atoms with E-state index in [4.69, 9.17) is 0 Å². The molecule has 0 spiro atoms. The van der Waals surface area contributed by atoms with Crippen LogP contribution in [-0.2, 0) is 19.9 Å². The minimum Gasteiger partial charge on any atom is -0.312 e. The minimum atomic E-state index is 0.155. The van der Waals surface area contributed by atoms with E-state index < -0.39 is 0 Å². The van der Waals surface area contributed by atoms with Crippen LogP contribution in [-0.4, -0.2) is 21.9 Å². The fourth-order valence-electron chi connectivity index (χ4n) is 2.39.